The molecule has 2 N–H and O–H groups in total. The number of hydrogen-bond acceptors (Lipinski definition) is 7. The Hall–Kier alpha value is -1.85. The summed E-state index contributed by atoms with van der Waals surface area (Å²) in [5, 5.41) is 3.36. The second kappa shape index (κ2) is 9.74. The van der Waals surface area contributed by atoms with E-state index in [1.165, 1.54) is 47.4 Å². The zero-order valence-electron chi connectivity index (χ0n) is 16.3. The molecule has 11 heteroatoms. The predicted octanol–water partition coefficient (Wildman–Crippen LogP) is 4.14. The second-order valence-electron chi connectivity index (χ2n) is 6.95. The maximum atomic E-state index is 12.6. The van der Waals surface area contributed by atoms with Gasteiger partial charge >= 0.3 is 0 Å². The number of carbonyl (C=O) groups excluding carboxylic acids is 1. The van der Waals surface area contributed by atoms with Crippen LogP contribution in [0.5, 0.6) is 0 Å². The lowest BCUT2D eigenvalue weighted by Gasteiger charge is -2.09. The minimum Gasteiger partial charge on any atom is -0.376 e. The molecular formula is C20H20ClN3O4S3. The van der Waals surface area contributed by atoms with Gasteiger partial charge in [0.2, 0.25) is 5.91 Å². The maximum absolute atomic E-state index is 12.6. The van der Waals surface area contributed by atoms with E-state index >= 15 is 0 Å². The summed E-state index contributed by atoms with van der Waals surface area (Å²) in [7, 11) is -3.72. The number of ether oxygens (including phenoxy) is 1. The first-order valence-corrected chi connectivity index (χ1v) is 13.3. The van der Waals surface area contributed by atoms with Gasteiger partial charge in [-0.2, -0.15) is 0 Å². The number of halogens is 1. The fourth-order valence-corrected chi connectivity index (χ4v) is 6.18. The molecule has 7 nitrogen and oxygen atoms in total. The van der Waals surface area contributed by atoms with Crippen molar-refractivity contribution in [3.63, 3.8) is 0 Å². The van der Waals surface area contributed by atoms with E-state index in [0.717, 1.165) is 34.0 Å². The molecule has 2 heterocycles. The molecule has 4 rings (SSSR count). The molecule has 0 bridgehead atoms. The van der Waals surface area contributed by atoms with Crippen molar-refractivity contribution in [1.82, 2.24) is 10.3 Å². The van der Waals surface area contributed by atoms with Gasteiger partial charge in [0.15, 0.2) is 4.34 Å². The highest BCUT2D eigenvalue weighted by Crippen LogP contribution is 2.32. The molecule has 0 saturated carbocycles. The van der Waals surface area contributed by atoms with E-state index in [9.17, 15) is 13.2 Å². The van der Waals surface area contributed by atoms with Gasteiger partial charge in [0.1, 0.15) is 0 Å². The van der Waals surface area contributed by atoms with E-state index in [1.807, 2.05) is 0 Å². The number of thiazole rings is 1. The molecule has 1 aliphatic rings. The number of nitrogens with one attached hydrogen (secondary N) is 2. The number of hydrogen-bond donors (Lipinski definition) is 2. The first-order valence-electron chi connectivity index (χ1n) is 9.59. The van der Waals surface area contributed by atoms with Gasteiger partial charge in [-0.1, -0.05) is 23.4 Å². The standard InChI is InChI=1S/C20H20ClN3O4S3/c21-13-3-6-16(7-4-13)31(26,27)24-14-5-8-17-18(10-14)30-20(23-17)29-12-19(25)22-11-15-2-1-9-28-15/h3-8,10,15,24H,1-2,9,11-12H2,(H,22,25)/t15-/m1/s1. The summed E-state index contributed by atoms with van der Waals surface area (Å²) in [5.74, 6) is 0.207. The monoisotopic (exact) mass is 497 g/mol. The smallest absolute Gasteiger partial charge is 0.261 e. The summed E-state index contributed by atoms with van der Waals surface area (Å²) in [4.78, 5) is 16.7. The van der Waals surface area contributed by atoms with Crippen LogP contribution in [0.15, 0.2) is 51.7 Å². The number of amides is 1. The summed E-state index contributed by atoms with van der Waals surface area (Å²) in [5.41, 5.74) is 1.19. The first kappa shape index (κ1) is 22.3. The lowest BCUT2D eigenvalue weighted by molar-refractivity contribution is -0.119. The number of anilines is 1. The third kappa shape index (κ3) is 5.89. The fraction of sp³-hybridized carbons (Fsp3) is 0.300. The van der Waals surface area contributed by atoms with Crippen molar-refractivity contribution >= 4 is 66.5 Å². The summed E-state index contributed by atoms with van der Waals surface area (Å²) in [6.45, 7) is 1.30. The normalized spacial score (nSPS) is 16.5. The van der Waals surface area contributed by atoms with E-state index in [1.54, 1.807) is 18.2 Å². The van der Waals surface area contributed by atoms with Crippen molar-refractivity contribution in [2.75, 3.05) is 23.6 Å². The minimum absolute atomic E-state index is 0.0591. The van der Waals surface area contributed by atoms with Crippen LogP contribution in [-0.2, 0) is 19.6 Å². The Morgan fingerprint density at radius 2 is 2.06 bits per heavy atom. The Labute approximate surface area is 193 Å². The lowest BCUT2D eigenvalue weighted by Crippen LogP contribution is -2.32. The molecule has 1 aliphatic heterocycles. The Kier molecular flexibility index (Phi) is 7.02. The lowest BCUT2D eigenvalue weighted by atomic mass is 10.2. The summed E-state index contributed by atoms with van der Waals surface area (Å²) in [6.07, 6.45) is 2.14. The molecule has 1 atom stereocenters. The van der Waals surface area contributed by atoms with Crippen molar-refractivity contribution < 1.29 is 17.9 Å². The van der Waals surface area contributed by atoms with Gasteiger partial charge in [0.05, 0.1) is 32.7 Å². The number of thioether (sulfide) groups is 1. The highest BCUT2D eigenvalue weighted by Gasteiger charge is 2.17. The number of fused-ring (bicyclic) bond motifs is 1. The first-order chi connectivity index (χ1) is 14.9. The van der Waals surface area contributed by atoms with Crippen LogP contribution in [0.25, 0.3) is 10.2 Å². The molecule has 0 unspecified atom stereocenters. The molecule has 0 spiro atoms. The van der Waals surface area contributed by atoms with Crippen molar-refractivity contribution in [1.29, 1.82) is 0 Å². The van der Waals surface area contributed by atoms with Crippen LogP contribution in [-0.4, -0.2) is 44.3 Å². The molecule has 1 saturated heterocycles. The van der Waals surface area contributed by atoms with Crippen molar-refractivity contribution in [2.24, 2.45) is 0 Å². The Morgan fingerprint density at radius 3 is 2.81 bits per heavy atom. The van der Waals surface area contributed by atoms with Crippen LogP contribution in [0, 0.1) is 0 Å². The molecule has 0 radical (unpaired) electrons. The van der Waals surface area contributed by atoms with Gasteiger partial charge in [0.25, 0.3) is 10.0 Å². The Bertz CT molecular complexity index is 1180. The largest absolute Gasteiger partial charge is 0.376 e. The van der Waals surface area contributed by atoms with Gasteiger partial charge in [-0.3, -0.25) is 9.52 Å². The summed E-state index contributed by atoms with van der Waals surface area (Å²) < 4.78 is 34.8. The molecule has 164 valence electrons. The van der Waals surface area contributed by atoms with Crippen LogP contribution < -0.4 is 10.0 Å². The van der Waals surface area contributed by atoms with E-state index < -0.39 is 10.0 Å². The zero-order chi connectivity index (χ0) is 21.8. The second-order valence-corrected chi connectivity index (χ2v) is 11.3. The SMILES string of the molecule is O=C(CSc1nc2ccc(NS(=O)(=O)c3ccc(Cl)cc3)cc2s1)NC[C@H]1CCCO1. The number of rotatable bonds is 8. The van der Waals surface area contributed by atoms with Gasteiger partial charge < -0.3 is 10.1 Å². The minimum atomic E-state index is -3.72. The van der Waals surface area contributed by atoms with Gasteiger partial charge in [-0.15, -0.1) is 11.3 Å². The molecule has 0 aliphatic carbocycles. The van der Waals surface area contributed by atoms with Crippen molar-refractivity contribution in [3.8, 4) is 0 Å². The highest BCUT2D eigenvalue weighted by molar-refractivity contribution is 8.01. The number of sulfonamides is 1. The maximum Gasteiger partial charge on any atom is 0.261 e. The molecular weight excluding hydrogens is 478 g/mol. The molecule has 1 amide bonds. The van der Waals surface area contributed by atoms with E-state index in [4.69, 9.17) is 16.3 Å². The third-order valence-corrected chi connectivity index (χ3v) is 8.43. The fourth-order valence-electron chi connectivity index (χ4n) is 3.07. The number of nitrogens with zero attached hydrogens (tertiary/aromatic N) is 1. The van der Waals surface area contributed by atoms with Crippen molar-refractivity contribution in [3.05, 3.63) is 47.5 Å². The van der Waals surface area contributed by atoms with Gasteiger partial charge in [0, 0.05) is 18.2 Å². The number of carbonyl (C=O) groups is 1. The van der Waals surface area contributed by atoms with Gasteiger partial charge in [-0.25, -0.2) is 13.4 Å². The van der Waals surface area contributed by atoms with E-state index in [0.29, 0.717) is 17.3 Å². The average Bonchev–Trinajstić information content (AvgIpc) is 3.40. The number of aromatic nitrogens is 1. The van der Waals surface area contributed by atoms with Gasteiger partial charge in [-0.05, 0) is 55.3 Å². The summed E-state index contributed by atoms with van der Waals surface area (Å²) in [6, 6.07) is 11.1. The molecule has 3 aromatic rings. The molecule has 1 aromatic heterocycles. The van der Waals surface area contributed by atoms with Crippen LogP contribution in [0.3, 0.4) is 0 Å². The highest BCUT2D eigenvalue weighted by atomic mass is 35.5. The van der Waals surface area contributed by atoms with Crippen LogP contribution >= 0.6 is 34.7 Å². The quantitative estimate of drug-likeness (QED) is 0.454. The molecule has 1 fully saturated rings. The van der Waals surface area contributed by atoms with E-state index in [-0.39, 0.29) is 22.7 Å². The zero-order valence-corrected chi connectivity index (χ0v) is 19.5. The van der Waals surface area contributed by atoms with E-state index in [2.05, 4.69) is 15.0 Å². The van der Waals surface area contributed by atoms with Crippen LogP contribution in [0.2, 0.25) is 5.02 Å². The Morgan fingerprint density at radius 1 is 1.26 bits per heavy atom. The third-order valence-electron chi connectivity index (χ3n) is 4.62. The summed E-state index contributed by atoms with van der Waals surface area (Å²) >= 11 is 8.60. The topological polar surface area (TPSA) is 97.4 Å². The van der Waals surface area contributed by atoms with Crippen LogP contribution in [0.4, 0.5) is 5.69 Å². The van der Waals surface area contributed by atoms with Crippen molar-refractivity contribution in [2.45, 2.75) is 28.2 Å². The molecule has 31 heavy (non-hydrogen) atoms. The van der Waals surface area contributed by atoms with Crippen LogP contribution in [0.1, 0.15) is 12.8 Å². The number of benzene rings is 2. The average molecular weight is 498 g/mol. The predicted molar refractivity (Wildman–Crippen MR) is 125 cm³/mol. The molecule has 2 aromatic carbocycles. The Balaban J connectivity index is 1.37.